The van der Waals surface area contributed by atoms with E-state index in [1.807, 2.05) is 0 Å². The average molecular weight is 488 g/mol. The summed E-state index contributed by atoms with van der Waals surface area (Å²) in [7, 11) is 0. The van der Waals surface area contributed by atoms with Crippen molar-refractivity contribution in [2.45, 2.75) is 102 Å². The van der Waals surface area contributed by atoms with E-state index in [0.717, 1.165) is 44.4 Å². The van der Waals surface area contributed by atoms with Gasteiger partial charge in [0.15, 0.2) is 0 Å². The maximum Gasteiger partial charge on any atom is 0.0986 e. The number of hydrogen-bond acceptors (Lipinski definition) is 5. The molecule has 1 aliphatic heterocycles. The van der Waals surface area contributed by atoms with Crippen LogP contribution in [0.4, 0.5) is 0 Å². The highest BCUT2D eigenvalue weighted by atomic mass is 32.1. The molecule has 1 saturated heterocycles. The van der Waals surface area contributed by atoms with Gasteiger partial charge in [0.1, 0.15) is 0 Å². The molecule has 0 bridgehead atoms. The van der Waals surface area contributed by atoms with Crippen molar-refractivity contribution in [1.29, 1.82) is 0 Å². The van der Waals surface area contributed by atoms with Gasteiger partial charge in [-0.05, 0) is 129 Å². The number of hydrogen-bond donors (Lipinski definition) is 2. The van der Waals surface area contributed by atoms with Gasteiger partial charge in [0, 0.05) is 12.0 Å². The van der Waals surface area contributed by atoms with Crippen molar-refractivity contribution in [3.8, 4) is 0 Å². The summed E-state index contributed by atoms with van der Waals surface area (Å²) in [4.78, 5) is 2.55. The number of aliphatic hydroxyl groups is 2. The number of nitrogens with zero attached hydrogens (tertiary/aromatic N) is 1. The first kappa shape index (κ1) is 23.9. The number of rotatable bonds is 5. The Morgan fingerprint density at radius 2 is 1.82 bits per heavy atom. The summed E-state index contributed by atoms with van der Waals surface area (Å²) in [5, 5.41) is 28.5. The van der Waals surface area contributed by atoms with Crippen LogP contribution in [0, 0.1) is 28.6 Å². The van der Waals surface area contributed by atoms with Gasteiger partial charge in [0.2, 0.25) is 0 Å². The van der Waals surface area contributed by atoms with Crippen molar-refractivity contribution in [3.63, 3.8) is 0 Å². The van der Waals surface area contributed by atoms with E-state index in [0.29, 0.717) is 35.7 Å². The molecule has 3 unspecified atom stereocenters. The molecule has 4 nitrogen and oxygen atoms in total. The summed E-state index contributed by atoms with van der Waals surface area (Å²) < 4.78 is 6.43. The zero-order valence-electron chi connectivity index (χ0n) is 21.3. The van der Waals surface area contributed by atoms with E-state index in [4.69, 9.17) is 4.74 Å². The highest BCUT2D eigenvalue weighted by Gasteiger charge is 2.72. The van der Waals surface area contributed by atoms with Crippen LogP contribution in [-0.4, -0.2) is 53.1 Å². The van der Waals surface area contributed by atoms with Crippen molar-refractivity contribution < 1.29 is 14.9 Å². The third-order valence-corrected chi connectivity index (χ3v) is 12.6. The summed E-state index contributed by atoms with van der Waals surface area (Å²) in [5.41, 5.74) is -0.783. The second kappa shape index (κ2) is 8.55. The Labute approximate surface area is 210 Å². The smallest absolute Gasteiger partial charge is 0.0986 e. The van der Waals surface area contributed by atoms with Gasteiger partial charge in [-0.15, -0.1) is 0 Å². The van der Waals surface area contributed by atoms with Crippen LogP contribution in [0.2, 0.25) is 0 Å². The number of likely N-dealkylation sites (tertiary alicyclic amines) is 1. The van der Waals surface area contributed by atoms with Crippen LogP contribution >= 0.6 is 11.3 Å². The minimum atomic E-state index is -0.898. The molecule has 5 aliphatic rings. The van der Waals surface area contributed by atoms with Crippen LogP contribution in [0.25, 0.3) is 0 Å². The SMILES string of the molecule is C[C@]12CCC(OCCN3CCCC3)CC1CC[C@@H]1[C@H]2CC[C@]2(C)C(O)(c3ccsc3)CC[C@@]12O. The molecule has 0 radical (unpaired) electrons. The van der Waals surface area contributed by atoms with Crippen LogP contribution in [0.3, 0.4) is 0 Å². The van der Waals surface area contributed by atoms with Gasteiger partial charge in [0.05, 0.1) is 23.9 Å². The minimum Gasteiger partial charge on any atom is -0.389 e. The molecule has 1 aromatic heterocycles. The predicted molar refractivity (Wildman–Crippen MR) is 137 cm³/mol. The van der Waals surface area contributed by atoms with Gasteiger partial charge in [-0.25, -0.2) is 0 Å². The summed E-state index contributed by atoms with van der Waals surface area (Å²) in [5.74, 6) is 1.59. The molecule has 6 rings (SSSR count). The van der Waals surface area contributed by atoms with Crippen LogP contribution in [0.5, 0.6) is 0 Å². The second-order valence-corrected chi connectivity index (χ2v) is 13.8. The third-order valence-electron chi connectivity index (χ3n) is 11.9. The Morgan fingerprint density at radius 1 is 1.00 bits per heavy atom. The average Bonchev–Trinajstić information content (AvgIpc) is 3.57. The van der Waals surface area contributed by atoms with E-state index in [-0.39, 0.29) is 0 Å². The lowest BCUT2D eigenvalue weighted by Crippen LogP contribution is -2.64. The van der Waals surface area contributed by atoms with Crippen molar-refractivity contribution in [2.24, 2.45) is 28.6 Å². The number of ether oxygens (including phenoxy) is 1. The molecule has 2 N–H and O–H groups in total. The molecule has 4 aliphatic carbocycles. The lowest BCUT2D eigenvalue weighted by Gasteiger charge is -2.64. The zero-order chi connectivity index (χ0) is 23.6. The Kier molecular flexibility index (Phi) is 6.01. The maximum atomic E-state index is 12.4. The first-order valence-electron chi connectivity index (χ1n) is 14.1. The first-order valence-corrected chi connectivity index (χ1v) is 15.1. The molecule has 0 aromatic carbocycles. The quantitative estimate of drug-likeness (QED) is 0.570. The second-order valence-electron chi connectivity index (χ2n) is 13.0. The largest absolute Gasteiger partial charge is 0.389 e. The molecule has 0 amide bonds. The van der Waals surface area contributed by atoms with Crippen LogP contribution in [0.1, 0.15) is 90.0 Å². The third kappa shape index (κ3) is 3.36. The zero-order valence-corrected chi connectivity index (χ0v) is 22.1. The van der Waals surface area contributed by atoms with E-state index in [2.05, 4.69) is 35.6 Å². The normalized spacial score (nSPS) is 48.9. The van der Waals surface area contributed by atoms with Crippen molar-refractivity contribution >= 4 is 11.3 Å². The Bertz CT molecular complexity index is 871. The molecule has 5 heteroatoms. The highest BCUT2D eigenvalue weighted by Crippen LogP contribution is 2.71. The standard InChI is InChI=1S/C29H45NO3S/c1-26-10-7-23(33-17-16-30-14-3-4-15-30)19-21(26)5-6-25-24(26)8-11-27(2)28(31,12-13-29(25,27)32)22-9-18-34-20-22/h9,18,20-21,23-25,31-32H,3-8,10-17,19H2,1-2H3/t21?,23?,24-,25-,26+,27-,28?,29-/m1/s1. The highest BCUT2D eigenvalue weighted by molar-refractivity contribution is 7.08. The fraction of sp³-hybridized carbons (Fsp3) is 0.862. The van der Waals surface area contributed by atoms with E-state index < -0.39 is 16.6 Å². The Hall–Kier alpha value is -0.460. The van der Waals surface area contributed by atoms with E-state index in [1.54, 1.807) is 11.3 Å². The van der Waals surface area contributed by atoms with Crippen LogP contribution in [0.15, 0.2) is 16.8 Å². The fourth-order valence-electron chi connectivity index (χ4n) is 9.67. The molecular formula is C29H45NO3S. The summed E-state index contributed by atoms with van der Waals surface area (Å²) in [6.07, 6.45) is 12.5. The monoisotopic (exact) mass is 487 g/mol. The lowest BCUT2D eigenvalue weighted by molar-refractivity contribution is -0.239. The van der Waals surface area contributed by atoms with Gasteiger partial charge < -0.3 is 19.8 Å². The van der Waals surface area contributed by atoms with Gasteiger partial charge in [-0.2, -0.15) is 11.3 Å². The maximum absolute atomic E-state index is 12.4. The molecule has 1 aromatic rings. The van der Waals surface area contributed by atoms with E-state index in [1.165, 1.54) is 51.6 Å². The Balaban J connectivity index is 1.16. The number of thiophene rings is 1. The molecule has 8 atom stereocenters. The predicted octanol–water partition coefficient (Wildman–Crippen LogP) is 5.57. The molecule has 4 saturated carbocycles. The first-order chi connectivity index (χ1) is 16.3. The minimum absolute atomic E-state index is 0.303. The molecule has 190 valence electrons. The molecular weight excluding hydrogens is 442 g/mol. The van der Waals surface area contributed by atoms with Crippen molar-refractivity contribution in [3.05, 3.63) is 22.4 Å². The van der Waals surface area contributed by atoms with Gasteiger partial charge in [-0.3, -0.25) is 0 Å². The topological polar surface area (TPSA) is 52.9 Å². The Morgan fingerprint density at radius 3 is 2.59 bits per heavy atom. The lowest BCUT2D eigenvalue weighted by atomic mass is 9.43. The van der Waals surface area contributed by atoms with Crippen molar-refractivity contribution in [1.82, 2.24) is 4.90 Å². The van der Waals surface area contributed by atoms with Crippen LogP contribution in [-0.2, 0) is 10.3 Å². The molecule has 0 spiro atoms. The summed E-state index contributed by atoms with van der Waals surface area (Å²) in [6.45, 7) is 9.23. The van der Waals surface area contributed by atoms with E-state index in [9.17, 15) is 10.2 Å². The summed E-state index contributed by atoms with van der Waals surface area (Å²) in [6, 6.07) is 2.08. The summed E-state index contributed by atoms with van der Waals surface area (Å²) >= 11 is 1.66. The van der Waals surface area contributed by atoms with Crippen LogP contribution < -0.4 is 0 Å². The molecule has 34 heavy (non-hydrogen) atoms. The van der Waals surface area contributed by atoms with Gasteiger partial charge in [0.25, 0.3) is 0 Å². The molecule has 5 fully saturated rings. The van der Waals surface area contributed by atoms with E-state index >= 15 is 0 Å². The number of fused-ring (bicyclic) bond motifs is 5. The van der Waals surface area contributed by atoms with Gasteiger partial charge >= 0.3 is 0 Å². The van der Waals surface area contributed by atoms with Gasteiger partial charge in [-0.1, -0.05) is 13.8 Å². The fourth-order valence-corrected chi connectivity index (χ4v) is 10.4. The molecule has 2 heterocycles. The van der Waals surface area contributed by atoms with Crippen molar-refractivity contribution in [2.75, 3.05) is 26.2 Å².